The molecule has 0 fully saturated rings. The van der Waals surface area contributed by atoms with Crippen LogP contribution in [0.1, 0.15) is 19.8 Å². The van der Waals surface area contributed by atoms with Crippen molar-refractivity contribution in [1.82, 2.24) is 4.90 Å². The van der Waals surface area contributed by atoms with Crippen LogP contribution in [0.3, 0.4) is 0 Å². The third-order valence-electron chi connectivity index (χ3n) is 0.625. The number of nitrogens with zero attached hydrogens (tertiary/aromatic N) is 1. The zero-order valence-corrected chi connectivity index (χ0v) is 10.0. The van der Waals surface area contributed by atoms with Gasteiger partial charge in [0, 0.05) is 0 Å². The van der Waals surface area contributed by atoms with E-state index in [1.807, 2.05) is 26.0 Å². The fourth-order valence-corrected chi connectivity index (χ4v) is 1.57. The van der Waals surface area contributed by atoms with E-state index in [-0.39, 0.29) is 0 Å². The molecule has 0 aliphatic carbocycles. The molecule has 0 amide bonds. The maximum absolute atomic E-state index is 3.38. The molecule has 0 N–H and O–H groups in total. The lowest BCUT2D eigenvalue weighted by atomic mass is 10.4. The number of halogens is 1. The second kappa shape index (κ2) is 12.5. The van der Waals surface area contributed by atoms with Crippen molar-refractivity contribution in [1.29, 1.82) is 0 Å². The van der Waals surface area contributed by atoms with Crippen LogP contribution in [-0.4, -0.2) is 32.2 Å². The van der Waals surface area contributed by atoms with Gasteiger partial charge >= 0.3 is 0 Å². The van der Waals surface area contributed by atoms with Gasteiger partial charge in [0.1, 0.15) is 0 Å². The molecule has 10 heavy (non-hydrogen) atoms. The molecule has 3 heteroatoms. The minimum atomic E-state index is 0.977. The van der Waals surface area contributed by atoms with Crippen LogP contribution in [0.4, 0.5) is 0 Å². The minimum absolute atomic E-state index is 0.977. The fraction of sp³-hybridized carbons (Fsp3) is 1.00. The Morgan fingerprint density at radius 2 is 1.70 bits per heavy atom. The van der Waals surface area contributed by atoms with Crippen LogP contribution in [-0.2, 0) is 0 Å². The SMILES string of the molecule is CCCCPBr.CN(C)C. The van der Waals surface area contributed by atoms with Crippen LogP contribution < -0.4 is 0 Å². The summed E-state index contributed by atoms with van der Waals surface area (Å²) in [7, 11) is 6.98. The zero-order valence-electron chi connectivity index (χ0n) is 7.45. The highest BCUT2D eigenvalue weighted by atomic mass is 79.9. The molecule has 0 saturated carbocycles. The molecule has 0 spiro atoms. The molecule has 64 valence electrons. The zero-order chi connectivity index (χ0) is 8.41. The third-order valence-corrected chi connectivity index (χ3v) is 2.36. The van der Waals surface area contributed by atoms with Crippen molar-refractivity contribution in [2.45, 2.75) is 19.8 Å². The van der Waals surface area contributed by atoms with Gasteiger partial charge in [-0.15, -0.1) is 0 Å². The Kier molecular flexibility index (Phi) is 16.9. The Bertz CT molecular complexity index is 44.1. The highest BCUT2D eigenvalue weighted by Crippen LogP contribution is 2.20. The van der Waals surface area contributed by atoms with Gasteiger partial charge in [0.25, 0.3) is 0 Å². The molecule has 0 aromatic carbocycles. The Morgan fingerprint density at radius 1 is 1.30 bits per heavy atom. The van der Waals surface area contributed by atoms with E-state index in [9.17, 15) is 0 Å². The summed E-state index contributed by atoms with van der Waals surface area (Å²) >= 11 is 3.38. The fourth-order valence-electron chi connectivity index (χ4n) is 0.244. The topological polar surface area (TPSA) is 3.24 Å². The lowest BCUT2D eigenvalue weighted by molar-refractivity contribution is 0.505. The van der Waals surface area contributed by atoms with E-state index < -0.39 is 0 Å². The molecule has 1 atom stereocenters. The van der Waals surface area contributed by atoms with Crippen molar-refractivity contribution >= 4 is 22.8 Å². The molecular formula is C7H19BrNP. The van der Waals surface area contributed by atoms with Gasteiger partial charge in [-0.25, -0.2) is 0 Å². The Hall–Kier alpha value is 0.870. The smallest absolute Gasteiger partial charge is 0.0140 e. The average molecular weight is 228 g/mol. The molecule has 0 saturated heterocycles. The molecule has 1 nitrogen and oxygen atoms in total. The van der Waals surface area contributed by atoms with Crippen molar-refractivity contribution in [3.63, 3.8) is 0 Å². The second-order valence-electron chi connectivity index (χ2n) is 2.58. The van der Waals surface area contributed by atoms with Crippen molar-refractivity contribution in [2.24, 2.45) is 0 Å². The standard InChI is InChI=1S/C4H10BrP.C3H9N/c1-2-3-4-6-5;1-4(2)3/h6H,2-4H2,1H3;1-3H3. The predicted molar refractivity (Wildman–Crippen MR) is 56.6 cm³/mol. The van der Waals surface area contributed by atoms with Gasteiger partial charge in [0.2, 0.25) is 0 Å². The van der Waals surface area contributed by atoms with Gasteiger partial charge in [0.05, 0.1) is 0 Å². The molecular weight excluding hydrogens is 209 g/mol. The van der Waals surface area contributed by atoms with Crippen LogP contribution in [0.15, 0.2) is 0 Å². The van der Waals surface area contributed by atoms with Crippen molar-refractivity contribution in [3.8, 4) is 0 Å². The van der Waals surface area contributed by atoms with Crippen LogP contribution in [0, 0.1) is 0 Å². The highest BCUT2D eigenvalue weighted by Gasteiger charge is 1.76. The Balaban J connectivity index is 0. The molecule has 0 aliphatic rings. The van der Waals surface area contributed by atoms with Gasteiger partial charge in [0.15, 0.2) is 0 Å². The molecule has 0 rings (SSSR count). The number of hydrogen-bond donors (Lipinski definition) is 0. The quantitative estimate of drug-likeness (QED) is 0.530. The monoisotopic (exact) mass is 227 g/mol. The first-order valence-electron chi connectivity index (χ1n) is 3.59. The summed E-state index contributed by atoms with van der Waals surface area (Å²) in [6.45, 7) is 2.22. The summed E-state index contributed by atoms with van der Waals surface area (Å²) in [6.07, 6.45) is 4.07. The van der Waals surface area contributed by atoms with E-state index in [2.05, 4.69) is 22.4 Å². The van der Waals surface area contributed by atoms with Gasteiger partial charge in [-0.3, -0.25) is 0 Å². The molecule has 0 aromatic heterocycles. The number of rotatable bonds is 3. The van der Waals surface area contributed by atoms with E-state index in [0.29, 0.717) is 0 Å². The largest absolute Gasteiger partial charge is 0.312 e. The van der Waals surface area contributed by atoms with Crippen LogP contribution >= 0.6 is 22.8 Å². The van der Waals surface area contributed by atoms with E-state index in [1.165, 1.54) is 19.0 Å². The van der Waals surface area contributed by atoms with Gasteiger partial charge in [-0.2, -0.15) is 0 Å². The summed E-state index contributed by atoms with van der Waals surface area (Å²) in [5.41, 5.74) is 0. The van der Waals surface area contributed by atoms with Crippen LogP contribution in [0.25, 0.3) is 0 Å². The van der Waals surface area contributed by atoms with Gasteiger partial charge in [-0.05, 0) is 33.7 Å². The maximum atomic E-state index is 3.38. The van der Waals surface area contributed by atoms with Crippen LogP contribution in [0.5, 0.6) is 0 Å². The van der Waals surface area contributed by atoms with Crippen molar-refractivity contribution in [2.75, 3.05) is 27.3 Å². The first-order valence-corrected chi connectivity index (χ1v) is 7.06. The number of unbranched alkanes of at least 4 members (excludes halogenated alkanes) is 1. The summed E-state index contributed by atoms with van der Waals surface area (Å²) in [5.74, 6) is 0. The minimum Gasteiger partial charge on any atom is -0.312 e. The third kappa shape index (κ3) is 36.7. The summed E-state index contributed by atoms with van der Waals surface area (Å²) in [6, 6.07) is 0. The molecule has 0 heterocycles. The first kappa shape index (κ1) is 13.5. The van der Waals surface area contributed by atoms with Crippen molar-refractivity contribution in [3.05, 3.63) is 0 Å². The van der Waals surface area contributed by atoms with Gasteiger partial charge < -0.3 is 4.90 Å². The van der Waals surface area contributed by atoms with E-state index >= 15 is 0 Å². The summed E-state index contributed by atoms with van der Waals surface area (Å²) in [5, 5.41) is 0. The lowest BCUT2D eigenvalue weighted by Crippen LogP contribution is -1.99. The second-order valence-corrected chi connectivity index (χ2v) is 5.03. The molecule has 0 radical (unpaired) electrons. The molecule has 1 unspecified atom stereocenters. The Labute approximate surface area is 75.1 Å². The van der Waals surface area contributed by atoms with Gasteiger partial charge in [-0.1, -0.05) is 36.1 Å². The highest BCUT2D eigenvalue weighted by molar-refractivity contribution is 9.36. The normalized spacial score (nSPS) is 10.2. The van der Waals surface area contributed by atoms with E-state index in [0.717, 1.165) is 7.28 Å². The molecule has 0 aromatic rings. The van der Waals surface area contributed by atoms with Crippen molar-refractivity contribution < 1.29 is 0 Å². The average Bonchev–Trinajstić information content (AvgIpc) is 1.82. The Morgan fingerprint density at radius 3 is 1.80 bits per heavy atom. The van der Waals surface area contributed by atoms with Crippen LogP contribution in [0.2, 0.25) is 0 Å². The summed E-state index contributed by atoms with van der Waals surface area (Å²) in [4.78, 5) is 2.00. The maximum Gasteiger partial charge on any atom is -0.0140 e. The lowest BCUT2D eigenvalue weighted by Gasteiger charge is -1.90. The summed E-state index contributed by atoms with van der Waals surface area (Å²) < 4.78 is 0. The first-order chi connectivity index (χ1) is 4.65. The van der Waals surface area contributed by atoms with E-state index in [4.69, 9.17) is 0 Å². The number of hydrogen-bond acceptors (Lipinski definition) is 1. The molecule has 0 bridgehead atoms. The molecule has 0 aliphatic heterocycles. The predicted octanol–water partition coefficient (Wildman–Crippen LogP) is 2.95. The van der Waals surface area contributed by atoms with E-state index in [1.54, 1.807) is 0 Å².